The first kappa shape index (κ1) is 16.5. The van der Waals surface area contributed by atoms with Crippen LogP contribution in [-0.4, -0.2) is 30.4 Å². The number of carbonyl (C=O) groups is 2. The third-order valence-electron chi connectivity index (χ3n) is 3.14. The van der Waals surface area contributed by atoms with Gasteiger partial charge in [0, 0.05) is 24.5 Å². The zero-order valence-electron chi connectivity index (χ0n) is 13.0. The molecule has 0 radical (unpaired) electrons. The highest BCUT2D eigenvalue weighted by Crippen LogP contribution is 2.28. The topological polar surface area (TPSA) is 77.5 Å². The van der Waals surface area contributed by atoms with Gasteiger partial charge >= 0.3 is 0 Å². The van der Waals surface area contributed by atoms with Gasteiger partial charge in [-0.15, -0.1) is 0 Å². The van der Waals surface area contributed by atoms with Gasteiger partial charge in [0.05, 0.1) is 7.11 Å². The zero-order valence-corrected chi connectivity index (χ0v) is 13.0. The number of nitrogens with one attached hydrogen (secondary N) is 1. The van der Waals surface area contributed by atoms with E-state index >= 15 is 0 Å². The molecule has 0 fully saturated rings. The van der Waals surface area contributed by atoms with E-state index in [9.17, 15) is 9.59 Å². The van der Waals surface area contributed by atoms with Gasteiger partial charge in [-0.05, 0) is 36.8 Å². The third kappa shape index (κ3) is 4.81. The Balaban J connectivity index is 1.90. The molecule has 0 bridgehead atoms. The molecule has 0 aliphatic carbocycles. The smallest absolute Gasteiger partial charge is 0.258 e. The third-order valence-corrected chi connectivity index (χ3v) is 3.14. The number of amides is 1. The van der Waals surface area contributed by atoms with Gasteiger partial charge in [-0.3, -0.25) is 14.6 Å². The summed E-state index contributed by atoms with van der Waals surface area (Å²) in [6.45, 7) is 1.72. The van der Waals surface area contributed by atoms with Crippen molar-refractivity contribution in [1.82, 2.24) is 10.3 Å². The molecule has 2 rings (SSSR count). The zero-order chi connectivity index (χ0) is 16.7. The van der Waals surface area contributed by atoms with Gasteiger partial charge in [0.25, 0.3) is 5.91 Å². The Hall–Kier alpha value is -2.89. The molecule has 120 valence electrons. The minimum atomic E-state index is -0.258. The summed E-state index contributed by atoms with van der Waals surface area (Å²) >= 11 is 0. The maximum Gasteiger partial charge on any atom is 0.258 e. The van der Waals surface area contributed by atoms with Gasteiger partial charge < -0.3 is 14.8 Å². The van der Waals surface area contributed by atoms with Crippen molar-refractivity contribution in [3.05, 3.63) is 53.9 Å². The number of methoxy groups -OCH3 is 1. The second-order valence-corrected chi connectivity index (χ2v) is 4.85. The van der Waals surface area contributed by atoms with Gasteiger partial charge in [-0.2, -0.15) is 0 Å². The average molecular weight is 314 g/mol. The molecule has 23 heavy (non-hydrogen) atoms. The van der Waals surface area contributed by atoms with Crippen LogP contribution in [0.4, 0.5) is 0 Å². The molecule has 0 aliphatic rings. The molecule has 0 atom stereocenters. The Morgan fingerprint density at radius 2 is 2.04 bits per heavy atom. The van der Waals surface area contributed by atoms with Crippen molar-refractivity contribution >= 4 is 11.7 Å². The lowest BCUT2D eigenvalue weighted by atomic mass is 10.1. The van der Waals surface area contributed by atoms with E-state index in [1.807, 2.05) is 6.07 Å². The summed E-state index contributed by atoms with van der Waals surface area (Å²) in [6.07, 6.45) is 3.36. The van der Waals surface area contributed by atoms with Crippen molar-refractivity contribution in [1.29, 1.82) is 0 Å². The molecule has 0 spiro atoms. The second kappa shape index (κ2) is 7.93. The quantitative estimate of drug-likeness (QED) is 0.791. The fourth-order valence-electron chi connectivity index (χ4n) is 1.90. The molecular formula is C17H18N2O4. The van der Waals surface area contributed by atoms with Crippen LogP contribution in [0.1, 0.15) is 22.8 Å². The molecule has 1 N–H and O–H groups in total. The molecule has 6 heteroatoms. The van der Waals surface area contributed by atoms with Crippen LogP contribution in [0.3, 0.4) is 0 Å². The van der Waals surface area contributed by atoms with Gasteiger partial charge in [-0.1, -0.05) is 6.07 Å². The number of nitrogens with zero attached hydrogens (tertiary/aromatic N) is 1. The number of aromatic nitrogens is 1. The first-order valence-corrected chi connectivity index (χ1v) is 7.07. The van der Waals surface area contributed by atoms with Gasteiger partial charge in [0.2, 0.25) is 0 Å². The fourth-order valence-corrected chi connectivity index (χ4v) is 1.90. The Labute approximate surface area is 134 Å². The second-order valence-electron chi connectivity index (χ2n) is 4.85. The van der Waals surface area contributed by atoms with Crippen molar-refractivity contribution in [2.24, 2.45) is 0 Å². The monoisotopic (exact) mass is 314 g/mol. The molecule has 0 saturated carbocycles. The van der Waals surface area contributed by atoms with Crippen LogP contribution in [0.5, 0.6) is 11.5 Å². The summed E-state index contributed by atoms with van der Waals surface area (Å²) in [4.78, 5) is 27.1. The molecule has 0 unspecified atom stereocenters. The molecule has 1 heterocycles. The normalized spacial score (nSPS) is 10.0. The number of ether oxygens (including phenoxy) is 2. The van der Waals surface area contributed by atoms with Gasteiger partial charge in [0.1, 0.15) is 0 Å². The number of Topliss-reactive ketones (excluding diaryl/α,β-unsaturated/α-hetero) is 1. The van der Waals surface area contributed by atoms with Gasteiger partial charge in [0.15, 0.2) is 23.9 Å². The molecule has 1 aromatic heterocycles. The summed E-state index contributed by atoms with van der Waals surface area (Å²) in [5.74, 6) is 0.502. The minimum Gasteiger partial charge on any atom is -0.493 e. The lowest BCUT2D eigenvalue weighted by Gasteiger charge is -2.11. The summed E-state index contributed by atoms with van der Waals surface area (Å²) < 4.78 is 10.6. The minimum absolute atomic E-state index is 0.0657. The van der Waals surface area contributed by atoms with Crippen LogP contribution in [0, 0.1) is 0 Å². The summed E-state index contributed by atoms with van der Waals surface area (Å²) in [5, 5.41) is 2.74. The summed E-state index contributed by atoms with van der Waals surface area (Å²) in [6, 6.07) is 8.51. The number of carbonyl (C=O) groups excluding carboxylic acids is 2. The van der Waals surface area contributed by atoms with Crippen molar-refractivity contribution < 1.29 is 19.1 Å². The van der Waals surface area contributed by atoms with Gasteiger partial charge in [-0.25, -0.2) is 0 Å². The largest absolute Gasteiger partial charge is 0.493 e. The Kier molecular flexibility index (Phi) is 5.68. The molecule has 6 nitrogen and oxygen atoms in total. The maximum absolute atomic E-state index is 11.8. The van der Waals surface area contributed by atoms with E-state index < -0.39 is 0 Å². The Morgan fingerprint density at radius 1 is 1.22 bits per heavy atom. The molecular weight excluding hydrogens is 296 g/mol. The van der Waals surface area contributed by atoms with Crippen molar-refractivity contribution in [3.8, 4) is 11.5 Å². The first-order valence-electron chi connectivity index (χ1n) is 7.07. The van der Waals surface area contributed by atoms with Crippen LogP contribution < -0.4 is 14.8 Å². The number of ketones is 1. The van der Waals surface area contributed by atoms with E-state index in [1.54, 1.807) is 36.7 Å². The van der Waals surface area contributed by atoms with Crippen molar-refractivity contribution in [2.45, 2.75) is 13.5 Å². The fraction of sp³-hybridized carbons (Fsp3) is 0.235. The Bertz CT molecular complexity index is 686. The molecule has 1 amide bonds. The molecule has 0 aliphatic heterocycles. The number of pyridine rings is 1. The SMILES string of the molecule is COc1cc(C(C)=O)ccc1OCC(=O)NCc1cccnc1. The van der Waals surface area contributed by atoms with Crippen LogP contribution in [0.25, 0.3) is 0 Å². The van der Waals surface area contributed by atoms with E-state index in [-0.39, 0.29) is 18.3 Å². The summed E-state index contributed by atoms with van der Waals surface area (Å²) in [5.41, 5.74) is 1.43. The first-order chi connectivity index (χ1) is 11.1. The number of benzene rings is 1. The predicted molar refractivity (Wildman–Crippen MR) is 84.6 cm³/mol. The molecule has 1 aromatic carbocycles. The van der Waals surface area contributed by atoms with Crippen molar-refractivity contribution in [3.63, 3.8) is 0 Å². The van der Waals surface area contributed by atoms with Crippen molar-refractivity contribution in [2.75, 3.05) is 13.7 Å². The maximum atomic E-state index is 11.8. The highest BCUT2D eigenvalue weighted by atomic mass is 16.5. The van der Waals surface area contributed by atoms with Crippen LogP contribution in [-0.2, 0) is 11.3 Å². The molecule has 2 aromatic rings. The number of rotatable bonds is 7. The van der Waals surface area contributed by atoms with E-state index in [0.29, 0.717) is 23.6 Å². The van der Waals surface area contributed by atoms with E-state index in [4.69, 9.17) is 9.47 Å². The Morgan fingerprint density at radius 3 is 2.70 bits per heavy atom. The van der Waals surface area contributed by atoms with Crippen LogP contribution in [0.15, 0.2) is 42.7 Å². The van der Waals surface area contributed by atoms with Crippen LogP contribution in [0.2, 0.25) is 0 Å². The standard InChI is InChI=1S/C17H18N2O4/c1-12(20)14-5-6-15(16(8-14)22-2)23-11-17(21)19-10-13-4-3-7-18-9-13/h3-9H,10-11H2,1-2H3,(H,19,21). The highest BCUT2D eigenvalue weighted by Gasteiger charge is 2.10. The highest BCUT2D eigenvalue weighted by molar-refractivity contribution is 5.94. The lowest BCUT2D eigenvalue weighted by molar-refractivity contribution is -0.123. The van der Waals surface area contributed by atoms with Crippen LogP contribution >= 0.6 is 0 Å². The number of hydrogen-bond donors (Lipinski definition) is 1. The number of hydrogen-bond acceptors (Lipinski definition) is 5. The van der Waals surface area contributed by atoms with E-state index in [0.717, 1.165) is 5.56 Å². The predicted octanol–water partition coefficient (Wildman–Crippen LogP) is 1.99. The van der Waals surface area contributed by atoms with E-state index in [1.165, 1.54) is 14.0 Å². The van der Waals surface area contributed by atoms with E-state index in [2.05, 4.69) is 10.3 Å². The molecule has 0 saturated heterocycles. The lowest BCUT2D eigenvalue weighted by Crippen LogP contribution is -2.28. The summed E-state index contributed by atoms with van der Waals surface area (Å²) in [7, 11) is 1.48. The average Bonchev–Trinajstić information content (AvgIpc) is 2.58.